The van der Waals surface area contributed by atoms with Crippen LogP contribution in [0.5, 0.6) is 0 Å². The average molecular weight is 377 g/mol. The summed E-state index contributed by atoms with van der Waals surface area (Å²) >= 11 is 0. The van der Waals surface area contributed by atoms with Gasteiger partial charge in [-0.25, -0.2) is 4.99 Å². The Morgan fingerprint density at radius 2 is 2.19 bits per heavy atom. The van der Waals surface area contributed by atoms with E-state index in [2.05, 4.69) is 15.6 Å². The van der Waals surface area contributed by atoms with Gasteiger partial charge < -0.3 is 25.1 Å². The Morgan fingerprint density at radius 1 is 1.41 bits per heavy atom. The molecule has 1 aliphatic heterocycles. The van der Waals surface area contributed by atoms with Gasteiger partial charge in [0.25, 0.3) is 0 Å². The highest BCUT2D eigenvalue weighted by atomic mass is 16.4. The molecule has 2 unspecified atom stereocenters. The van der Waals surface area contributed by atoms with E-state index in [9.17, 15) is 9.90 Å². The molecule has 1 aromatic rings. The molecule has 27 heavy (non-hydrogen) atoms. The smallest absolute Gasteiger partial charge is 0.225 e. The van der Waals surface area contributed by atoms with Gasteiger partial charge in [-0.05, 0) is 45.2 Å². The van der Waals surface area contributed by atoms with E-state index >= 15 is 0 Å². The molecule has 1 amide bonds. The number of hydrogen-bond donors (Lipinski definition) is 3. The Balaban J connectivity index is 1.55. The highest BCUT2D eigenvalue weighted by Crippen LogP contribution is 2.28. The first-order valence-electron chi connectivity index (χ1n) is 10.1. The summed E-state index contributed by atoms with van der Waals surface area (Å²) < 4.78 is 5.31. The molecule has 0 bridgehead atoms. The molecule has 7 heteroatoms. The molecular weight excluding hydrogens is 344 g/mol. The van der Waals surface area contributed by atoms with Gasteiger partial charge >= 0.3 is 0 Å². The summed E-state index contributed by atoms with van der Waals surface area (Å²) in [5.41, 5.74) is -1.16. The number of carbonyl (C=O) groups excluding carboxylic acids is 1. The van der Waals surface area contributed by atoms with Crippen LogP contribution < -0.4 is 10.6 Å². The molecule has 0 aromatic carbocycles. The van der Waals surface area contributed by atoms with Gasteiger partial charge in [0, 0.05) is 31.6 Å². The number of rotatable bonds is 6. The van der Waals surface area contributed by atoms with Gasteiger partial charge in [0.2, 0.25) is 5.91 Å². The lowest BCUT2D eigenvalue weighted by atomic mass is 10.0. The Kier molecular flexibility index (Phi) is 6.42. The normalized spacial score (nSPS) is 23.4. The van der Waals surface area contributed by atoms with E-state index in [1.165, 1.54) is 12.8 Å². The SMILES string of the molecule is CCNC(=NCC(C)(O)c1ccco1)NC1CCN(C(=O)C2CCCC2)C1. The number of nitrogens with zero attached hydrogens (tertiary/aromatic N) is 2. The molecule has 1 aliphatic carbocycles. The number of likely N-dealkylation sites (tertiary alicyclic amines) is 1. The first kappa shape index (κ1) is 19.7. The summed E-state index contributed by atoms with van der Waals surface area (Å²) in [6.07, 6.45) is 6.90. The van der Waals surface area contributed by atoms with Gasteiger partial charge in [-0.15, -0.1) is 0 Å². The molecule has 2 fully saturated rings. The highest BCUT2D eigenvalue weighted by Gasteiger charge is 2.32. The maximum atomic E-state index is 12.6. The third-order valence-electron chi connectivity index (χ3n) is 5.49. The second-order valence-corrected chi connectivity index (χ2v) is 7.84. The summed E-state index contributed by atoms with van der Waals surface area (Å²) in [5.74, 6) is 1.70. The standard InChI is InChI=1S/C20H32N4O3/c1-3-21-19(22-14-20(2,26)17-9-6-12-27-17)23-16-10-11-24(13-16)18(25)15-7-4-5-8-15/h6,9,12,15-16,26H,3-5,7-8,10-11,13-14H2,1-2H3,(H2,21,22,23). The number of amides is 1. The second-order valence-electron chi connectivity index (χ2n) is 7.84. The molecule has 0 radical (unpaired) electrons. The largest absolute Gasteiger partial charge is 0.466 e. The number of aliphatic hydroxyl groups is 1. The van der Waals surface area contributed by atoms with Crippen molar-refractivity contribution in [3.8, 4) is 0 Å². The Hall–Kier alpha value is -2.02. The van der Waals surface area contributed by atoms with E-state index in [1.807, 2.05) is 11.8 Å². The summed E-state index contributed by atoms with van der Waals surface area (Å²) in [5, 5.41) is 17.2. The third-order valence-corrected chi connectivity index (χ3v) is 5.49. The van der Waals surface area contributed by atoms with Crippen LogP contribution in [0.3, 0.4) is 0 Å². The predicted molar refractivity (Wildman–Crippen MR) is 104 cm³/mol. The topological polar surface area (TPSA) is 90.1 Å². The first-order chi connectivity index (χ1) is 13.0. The lowest BCUT2D eigenvalue weighted by Gasteiger charge is -2.22. The lowest BCUT2D eigenvalue weighted by molar-refractivity contribution is -0.134. The molecule has 0 spiro atoms. The van der Waals surface area contributed by atoms with Gasteiger partial charge in [-0.1, -0.05) is 12.8 Å². The monoisotopic (exact) mass is 376 g/mol. The summed E-state index contributed by atoms with van der Waals surface area (Å²) in [6.45, 7) is 6.13. The molecule has 1 saturated carbocycles. The molecule has 3 rings (SSSR count). The minimum Gasteiger partial charge on any atom is -0.466 e. The quantitative estimate of drug-likeness (QED) is 0.521. The molecule has 7 nitrogen and oxygen atoms in total. The summed E-state index contributed by atoms with van der Waals surface area (Å²) in [6, 6.07) is 3.69. The Morgan fingerprint density at radius 3 is 2.85 bits per heavy atom. The molecule has 150 valence electrons. The van der Waals surface area contributed by atoms with E-state index in [1.54, 1.807) is 25.3 Å². The van der Waals surface area contributed by atoms with Crippen molar-refractivity contribution in [1.29, 1.82) is 0 Å². The molecular formula is C20H32N4O3. The van der Waals surface area contributed by atoms with Crippen molar-refractivity contribution in [3.05, 3.63) is 24.2 Å². The zero-order valence-corrected chi connectivity index (χ0v) is 16.4. The number of aliphatic imine (C=N–C) groups is 1. The third kappa shape index (κ3) is 5.03. The zero-order chi connectivity index (χ0) is 19.3. The van der Waals surface area contributed by atoms with E-state index in [0.717, 1.165) is 32.4 Å². The van der Waals surface area contributed by atoms with Crippen molar-refractivity contribution in [2.24, 2.45) is 10.9 Å². The first-order valence-corrected chi connectivity index (χ1v) is 10.1. The Bertz CT molecular complexity index is 636. The van der Waals surface area contributed by atoms with Crippen LogP contribution in [-0.4, -0.2) is 54.1 Å². The van der Waals surface area contributed by atoms with Crippen LogP contribution in [0.15, 0.2) is 27.8 Å². The van der Waals surface area contributed by atoms with Crippen LogP contribution in [0.4, 0.5) is 0 Å². The molecule has 1 saturated heterocycles. The fraction of sp³-hybridized carbons (Fsp3) is 0.700. The molecule has 1 aromatic heterocycles. The minimum absolute atomic E-state index is 0.182. The van der Waals surface area contributed by atoms with E-state index in [-0.39, 0.29) is 18.5 Å². The van der Waals surface area contributed by atoms with Crippen molar-refractivity contribution in [2.45, 2.75) is 57.6 Å². The van der Waals surface area contributed by atoms with Crippen molar-refractivity contribution < 1.29 is 14.3 Å². The number of nitrogens with one attached hydrogen (secondary N) is 2. The molecule has 3 N–H and O–H groups in total. The number of furan rings is 1. The van der Waals surface area contributed by atoms with Crippen LogP contribution in [0, 0.1) is 5.92 Å². The van der Waals surface area contributed by atoms with E-state index < -0.39 is 5.60 Å². The second kappa shape index (κ2) is 8.78. The maximum absolute atomic E-state index is 12.6. The van der Waals surface area contributed by atoms with E-state index in [0.29, 0.717) is 24.2 Å². The van der Waals surface area contributed by atoms with Gasteiger partial charge in [-0.2, -0.15) is 0 Å². The van der Waals surface area contributed by atoms with Gasteiger partial charge in [0.05, 0.1) is 12.8 Å². The average Bonchev–Trinajstić information content (AvgIpc) is 3.42. The Labute approximate surface area is 161 Å². The van der Waals surface area contributed by atoms with Crippen LogP contribution >= 0.6 is 0 Å². The fourth-order valence-electron chi connectivity index (χ4n) is 3.92. The van der Waals surface area contributed by atoms with Gasteiger partial charge in [0.15, 0.2) is 5.96 Å². The summed E-state index contributed by atoms with van der Waals surface area (Å²) in [7, 11) is 0. The molecule has 2 atom stereocenters. The van der Waals surface area contributed by atoms with Crippen molar-refractivity contribution in [3.63, 3.8) is 0 Å². The number of guanidine groups is 1. The molecule has 2 heterocycles. The van der Waals surface area contributed by atoms with Crippen LogP contribution in [-0.2, 0) is 10.4 Å². The van der Waals surface area contributed by atoms with Crippen molar-refractivity contribution in [1.82, 2.24) is 15.5 Å². The van der Waals surface area contributed by atoms with Gasteiger partial charge in [0.1, 0.15) is 11.4 Å². The minimum atomic E-state index is -1.16. The lowest BCUT2D eigenvalue weighted by Crippen LogP contribution is -2.46. The van der Waals surface area contributed by atoms with Crippen molar-refractivity contribution >= 4 is 11.9 Å². The maximum Gasteiger partial charge on any atom is 0.225 e. The predicted octanol–water partition coefficient (Wildman–Crippen LogP) is 1.83. The number of hydrogen-bond acceptors (Lipinski definition) is 4. The number of carbonyl (C=O) groups is 1. The van der Waals surface area contributed by atoms with Crippen LogP contribution in [0.25, 0.3) is 0 Å². The van der Waals surface area contributed by atoms with Crippen molar-refractivity contribution in [2.75, 3.05) is 26.2 Å². The molecule has 2 aliphatic rings. The van der Waals surface area contributed by atoms with Crippen LogP contribution in [0.2, 0.25) is 0 Å². The van der Waals surface area contributed by atoms with Gasteiger partial charge in [-0.3, -0.25) is 4.79 Å². The van der Waals surface area contributed by atoms with E-state index in [4.69, 9.17) is 4.42 Å². The van der Waals surface area contributed by atoms with Crippen LogP contribution in [0.1, 0.15) is 51.7 Å². The fourth-order valence-corrected chi connectivity index (χ4v) is 3.92. The highest BCUT2D eigenvalue weighted by molar-refractivity contribution is 5.81. The zero-order valence-electron chi connectivity index (χ0n) is 16.4. The summed E-state index contributed by atoms with van der Waals surface area (Å²) in [4.78, 5) is 19.1.